The molecule has 2 atom stereocenters. The van der Waals surface area contributed by atoms with Crippen LogP contribution < -0.4 is 9.64 Å². The Morgan fingerprint density at radius 3 is 2.48 bits per heavy atom. The summed E-state index contributed by atoms with van der Waals surface area (Å²) in [5.74, 6) is 1.61. The Labute approximate surface area is 171 Å². The zero-order valence-electron chi connectivity index (χ0n) is 17.0. The molecule has 0 amide bonds. The number of ether oxygens (including phenoxy) is 1. The van der Waals surface area contributed by atoms with Gasteiger partial charge in [-0.25, -0.2) is 18.4 Å². The summed E-state index contributed by atoms with van der Waals surface area (Å²) in [6.07, 6.45) is 3.69. The van der Waals surface area contributed by atoms with Crippen molar-refractivity contribution in [2.24, 2.45) is 5.41 Å². The summed E-state index contributed by atoms with van der Waals surface area (Å²) < 4.78 is 30.2. The molecule has 1 heterocycles. The summed E-state index contributed by atoms with van der Waals surface area (Å²) >= 11 is 0. The highest BCUT2D eigenvalue weighted by atomic mass is 32.2. The molecule has 0 bridgehead atoms. The Kier molecular flexibility index (Phi) is 4.73. The molecule has 1 aromatic heterocycles. The molecule has 1 aliphatic carbocycles. The molecule has 2 aromatic carbocycles. The highest BCUT2D eigenvalue weighted by Gasteiger charge is 2.52. The zero-order chi connectivity index (χ0) is 20.8. The maximum Gasteiger partial charge on any atom is 0.175 e. The third kappa shape index (κ3) is 3.55. The highest BCUT2D eigenvalue weighted by Crippen LogP contribution is 2.47. The average molecular weight is 412 g/mol. The molecule has 1 saturated carbocycles. The number of hydrogen-bond acceptors (Lipinski definition) is 6. The first kappa shape index (κ1) is 19.6. The van der Waals surface area contributed by atoms with Crippen LogP contribution in [0.15, 0.2) is 59.8 Å². The van der Waals surface area contributed by atoms with Gasteiger partial charge in [-0.3, -0.25) is 0 Å². The highest BCUT2D eigenvalue weighted by molar-refractivity contribution is 7.90. The van der Waals surface area contributed by atoms with Crippen LogP contribution in [0, 0.1) is 5.41 Å². The van der Waals surface area contributed by atoms with Gasteiger partial charge in [0.1, 0.15) is 24.0 Å². The van der Waals surface area contributed by atoms with Gasteiger partial charge >= 0.3 is 0 Å². The van der Waals surface area contributed by atoms with Crippen molar-refractivity contribution in [2.45, 2.75) is 37.3 Å². The van der Waals surface area contributed by atoms with Crippen molar-refractivity contribution in [1.29, 1.82) is 0 Å². The number of benzene rings is 2. The standard InChI is InChI=1S/C22H25N3O3S/c1-22(2)19(13-20(22)28-15-8-6-5-7-9-15)25(3)21-17-12-16(29(4,26)27)10-11-18(17)23-14-24-21/h5-12,14,19-20H,13H2,1-4H3/t19-,20-/m1/s1. The van der Waals surface area contributed by atoms with Gasteiger partial charge in [-0.15, -0.1) is 0 Å². The van der Waals surface area contributed by atoms with Crippen molar-refractivity contribution in [2.75, 3.05) is 18.2 Å². The molecular formula is C22H25N3O3S. The van der Waals surface area contributed by atoms with E-state index in [0.717, 1.165) is 28.9 Å². The number of sulfone groups is 1. The number of aromatic nitrogens is 2. The van der Waals surface area contributed by atoms with Gasteiger partial charge in [-0.2, -0.15) is 0 Å². The SMILES string of the molecule is CN(c1ncnc2ccc(S(C)(=O)=O)cc12)[C@@H]1C[C@@H](Oc2ccccc2)C1(C)C. The molecule has 29 heavy (non-hydrogen) atoms. The van der Waals surface area contributed by atoms with Crippen LogP contribution in [0.4, 0.5) is 5.82 Å². The molecule has 1 aliphatic rings. The zero-order valence-corrected chi connectivity index (χ0v) is 17.8. The van der Waals surface area contributed by atoms with Gasteiger partial charge in [0.25, 0.3) is 0 Å². The fourth-order valence-electron chi connectivity index (χ4n) is 4.07. The van der Waals surface area contributed by atoms with Crippen molar-refractivity contribution < 1.29 is 13.2 Å². The minimum absolute atomic E-state index is 0.0945. The Hall–Kier alpha value is -2.67. The Morgan fingerprint density at radius 1 is 1.10 bits per heavy atom. The molecule has 0 unspecified atom stereocenters. The predicted octanol–water partition coefficient (Wildman–Crippen LogP) is 3.72. The molecule has 0 aliphatic heterocycles. The Balaban J connectivity index is 1.63. The van der Waals surface area contributed by atoms with E-state index >= 15 is 0 Å². The van der Waals surface area contributed by atoms with Crippen molar-refractivity contribution in [3.63, 3.8) is 0 Å². The van der Waals surface area contributed by atoms with Crippen LogP contribution in [0.2, 0.25) is 0 Å². The van der Waals surface area contributed by atoms with Crippen molar-refractivity contribution in [3.05, 3.63) is 54.9 Å². The van der Waals surface area contributed by atoms with E-state index in [4.69, 9.17) is 4.74 Å². The second-order valence-corrected chi connectivity index (χ2v) is 10.3. The first-order valence-electron chi connectivity index (χ1n) is 9.57. The summed E-state index contributed by atoms with van der Waals surface area (Å²) in [5, 5.41) is 0.737. The maximum absolute atomic E-state index is 12.0. The lowest BCUT2D eigenvalue weighted by Gasteiger charge is -2.55. The smallest absolute Gasteiger partial charge is 0.175 e. The normalized spacial score (nSPS) is 20.8. The molecule has 152 valence electrons. The van der Waals surface area contributed by atoms with E-state index < -0.39 is 9.84 Å². The van der Waals surface area contributed by atoms with Gasteiger partial charge in [0, 0.05) is 36.6 Å². The number of nitrogens with zero attached hydrogens (tertiary/aromatic N) is 3. The number of fused-ring (bicyclic) bond motifs is 1. The van der Waals surface area contributed by atoms with Crippen molar-refractivity contribution >= 4 is 26.6 Å². The van der Waals surface area contributed by atoms with Gasteiger partial charge in [-0.1, -0.05) is 32.0 Å². The van der Waals surface area contributed by atoms with E-state index in [2.05, 4.69) is 28.7 Å². The summed E-state index contributed by atoms with van der Waals surface area (Å²) in [7, 11) is -1.31. The fraction of sp³-hybridized carbons (Fsp3) is 0.364. The van der Waals surface area contributed by atoms with Gasteiger partial charge < -0.3 is 9.64 Å². The number of rotatable bonds is 5. The van der Waals surface area contributed by atoms with Crippen LogP contribution in [0.3, 0.4) is 0 Å². The molecular weight excluding hydrogens is 386 g/mol. The van der Waals surface area contributed by atoms with Crippen LogP contribution in [0.5, 0.6) is 5.75 Å². The molecule has 7 heteroatoms. The van der Waals surface area contributed by atoms with Crippen molar-refractivity contribution in [3.8, 4) is 5.75 Å². The van der Waals surface area contributed by atoms with Gasteiger partial charge in [0.05, 0.1) is 10.4 Å². The third-order valence-electron chi connectivity index (χ3n) is 5.96. The first-order valence-corrected chi connectivity index (χ1v) is 11.5. The van der Waals surface area contributed by atoms with E-state index in [1.807, 2.05) is 37.4 Å². The van der Waals surface area contributed by atoms with Crippen LogP contribution >= 0.6 is 0 Å². The monoisotopic (exact) mass is 411 g/mol. The Morgan fingerprint density at radius 2 is 1.83 bits per heavy atom. The molecule has 0 saturated heterocycles. The summed E-state index contributed by atoms with van der Waals surface area (Å²) in [6.45, 7) is 4.38. The van der Waals surface area contributed by atoms with E-state index in [1.165, 1.54) is 12.6 Å². The number of para-hydroxylation sites is 1. The minimum Gasteiger partial charge on any atom is -0.490 e. The predicted molar refractivity (Wildman–Crippen MR) is 114 cm³/mol. The summed E-state index contributed by atoms with van der Waals surface area (Å²) in [4.78, 5) is 11.2. The van der Waals surface area contributed by atoms with E-state index in [0.29, 0.717) is 0 Å². The second kappa shape index (κ2) is 6.99. The largest absolute Gasteiger partial charge is 0.490 e. The van der Waals surface area contributed by atoms with Crippen LogP contribution in [-0.2, 0) is 9.84 Å². The Bertz CT molecular complexity index is 1150. The lowest BCUT2D eigenvalue weighted by molar-refractivity contribution is -0.0416. The molecule has 0 radical (unpaired) electrons. The summed E-state index contributed by atoms with van der Waals surface area (Å²) in [6, 6.07) is 15.0. The van der Waals surface area contributed by atoms with E-state index in [9.17, 15) is 8.42 Å². The topological polar surface area (TPSA) is 72.4 Å². The lowest BCUT2D eigenvalue weighted by atomic mass is 9.63. The quantitative estimate of drug-likeness (QED) is 0.637. The summed E-state index contributed by atoms with van der Waals surface area (Å²) in [5.41, 5.74) is 0.625. The van der Waals surface area contributed by atoms with Gasteiger partial charge in [0.2, 0.25) is 0 Å². The first-order chi connectivity index (χ1) is 13.7. The minimum atomic E-state index is -3.31. The molecule has 1 fully saturated rings. The molecule has 3 aromatic rings. The molecule has 4 rings (SSSR count). The van der Waals surface area contributed by atoms with E-state index in [-0.39, 0.29) is 22.5 Å². The van der Waals surface area contributed by atoms with Gasteiger partial charge in [-0.05, 0) is 30.3 Å². The van der Waals surface area contributed by atoms with Crippen LogP contribution in [0.25, 0.3) is 10.9 Å². The van der Waals surface area contributed by atoms with E-state index in [1.54, 1.807) is 18.2 Å². The van der Waals surface area contributed by atoms with Crippen molar-refractivity contribution in [1.82, 2.24) is 9.97 Å². The molecule has 0 spiro atoms. The maximum atomic E-state index is 12.0. The molecule has 0 N–H and O–H groups in total. The third-order valence-corrected chi connectivity index (χ3v) is 7.07. The number of hydrogen-bond donors (Lipinski definition) is 0. The second-order valence-electron chi connectivity index (χ2n) is 8.25. The average Bonchev–Trinajstić information content (AvgIpc) is 2.69. The van der Waals surface area contributed by atoms with Crippen LogP contribution in [-0.4, -0.2) is 43.8 Å². The van der Waals surface area contributed by atoms with Crippen LogP contribution in [0.1, 0.15) is 20.3 Å². The molecule has 6 nitrogen and oxygen atoms in total. The number of anilines is 1. The van der Waals surface area contributed by atoms with Gasteiger partial charge in [0.15, 0.2) is 9.84 Å². The lowest BCUT2D eigenvalue weighted by Crippen LogP contribution is -2.62. The fourth-order valence-corrected chi connectivity index (χ4v) is 4.71.